The number of carbonyl (C=O) groups is 2. The first kappa shape index (κ1) is 16.3. The molecule has 1 amide bonds. The number of likely N-dealkylation sites (tertiary alicyclic amines) is 1. The highest BCUT2D eigenvalue weighted by atomic mass is 16.5. The van der Waals surface area contributed by atoms with E-state index in [-0.39, 0.29) is 11.9 Å². The Hall–Kier alpha value is -2.10. The van der Waals surface area contributed by atoms with Gasteiger partial charge in [-0.1, -0.05) is 42.0 Å². The van der Waals surface area contributed by atoms with E-state index in [1.54, 1.807) is 0 Å². The number of rotatable bonds is 5. The fraction of sp³-hybridized carbons (Fsp3) is 0.444. The lowest BCUT2D eigenvalue weighted by molar-refractivity contribution is -0.140. The van der Waals surface area contributed by atoms with Crippen molar-refractivity contribution in [1.29, 1.82) is 0 Å². The highest BCUT2D eigenvalue weighted by molar-refractivity contribution is 5.77. The molecule has 1 aliphatic heterocycles. The lowest BCUT2D eigenvalue weighted by atomic mass is 10.0. The summed E-state index contributed by atoms with van der Waals surface area (Å²) in [6.45, 7) is 1.55. The summed E-state index contributed by atoms with van der Waals surface area (Å²) < 4.78 is 4.58. The van der Waals surface area contributed by atoms with Crippen LogP contribution < -0.4 is 0 Å². The third kappa shape index (κ3) is 5.02. The molecule has 2 rings (SSSR count). The molecule has 0 saturated carbocycles. The van der Waals surface area contributed by atoms with Gasteiger partial charge in [-0.3, -0.25) is 9.59 Å². The molecule has 22 heavy (non-hydrogen) atoms. The average molecular weight is 301 g/mol. The Morgan fingerprint density at radius 1 is 1.14 bits per heavy atom. The Morgan fingerprint density at radius 2 is 1.82 bits per heavy atom. The average Bonchev–Trinajstić information content (AvgIpc) is 2.56. The molecule has 1 aromatic rings. The fourth-order valence-electron chi connectivity index (χ4n) is 2.62. The third-order valence-electron chi connectivity index (χ3n) is 3.93. The van der Waals surface area contributed by atoms with Crippen LogP contribution in [0.5, 0.6) is 0 Å². The maximum Gasteiger partial charge on any atom is 0.305 e. The number of hydrogen-bond acceptors (Lipinski definition) is 3. The Bertz CT molecular complexity index is 527. The number of piperidine rings is 1. The molecule has 1 heterocycles. The van der Waals surface area contributed by atoms with E-state index in [0.717, 1.165) is 25.9 Å². The Balaban J connectivity index is 1.76. The van der Waals surface area contributed by atoms with Crippen LogP contribution in [-0.4, -0.2) is 37.0 Å². The van der Waals surface area contributed by atoms with Gasteiger partial charge in [-0.15, -0.1) is 0 Å². The van der Waals surface area contributed by atoms with Crippen LogP contribution in [0.2, 0.25) is 0 Å². The zero-order valence-electron chi connectivity index (χ0n) is 13.1. The molecule has 1 aliphatic rings. The zero-order valence-corrected chi connectivity index (χ0v) is 13.1. The van der Waals surface area contributed by atoms with Gasteiger partial charge in [0, 0.05) is 25.9 Å². The molecule has 4 nitrogen and oxygen atoms in total. The number of benzene rings is 1. The molecule has 0 aliphatic carbocycles. The van der Waals surface area contributed by atoms with E-state index in [0.29, 0.717) is 19.3 Å². The molecule has 0 atom stereocenters. The largest absolute Gasteiger partial charge is 0.469 e. The highest BCUT2D eigenvalue weighted by Gasteiger charge is 2.18. The Kier molecular flexibility index (Phi) is 6.19. The van der Waals surface area contributed by atoms with E-state index in [1.807, 2.05) is 23.1 Å². The second-order valence-corrected chi connectivity index (χ2v) is 5.52. The quantitative estimate of drug-likeness (QED) is 0.785. The van der Waals surface area contributed by atoms with Gasteiger partial charge in [0.1, 0.15) is 0 Å². The van der Waals surface area contributed by atoms with Crippen LogP contribution in [0.25, 0.3) is 6.08 Å². The van der Waals surface area contributed by atoms with Crippen molar-refractivity contribution in [2.24, 2.45) is 0 Å². The van der Waals surface area contributed by atoms with Crippen LogP contribution in [0, 0.1) is 0 Å². The Morgan fingerprint density at radius 3 is 2.45 bits per heavy atom. The van der Waals surface area contributed by atoms with Crippen molar-refractivity contribution in [3.8, 4) is 0 Å². The molecule has 4 heteroatoms. The summed E-state index contributed by atoms with van der Waals surface area (Å²) in [6.07, 6.45) is 5.38. The molecule has 0 bridgehead atoms. The van der Waals surface area contributed by atoms with Crippen LogP contribution >= 0.6 is 0 Å². The minimum Gasteiger partial charge on any atom is -0.469 e. The van der Waals surface area contributed by atoms with Crippen molar-refractivity contribution in [3.05, 3.63) is 41.5 Å². The molecular weight excluding hydrogens is 278 g/mol. The topological polar surface area (TPSA) is 46.6 Å². The van der Waals surface area contributed by atoms with Gasteiger partial charge in [0.05, 0.1) is 7.11 Å². The van der Waals surface area contributed by atoms with Crippen LogP contribution in [0.15, 0.2) is 35.9 Å². The summed E-state index contributed by atoms with van der Waals surface area (Å²) in [7, 11) is 1.37. The normalized spacial score (nSPS) is 14.6. The number of ether oxygens (including phenoxy) is 1. The molecule has 0 radical (unpaired) electrons. The van der Waals surface area contributed by atoms with Gasteiger partial charge in [0.25, 0.3) is 0 Å². The predicted molar refractivity (Wildman–Crippen MR) is 86.1 cm³/mol. The van der Waals surface area contributed by atoms with Crippen molar-refractivity contribution in [1.82, 2.24) is 4.90 Å². The van der Waals surface area contributed by atoms with Crippen molar-refractivity contribution >= 4 is 18.0 Å². The minimum atomic E-state index is -0.250. The summed E-state index contributed by atoms with van der Waals surface area (Å²) in [5.41, 5.74) is 2.61. The molecule has 118 valence electrons. The third-order valence-corrected chi connectivity index (χ3v) is 3.93. The van der Waals surface area contributed by atoms with Crippen LogP contribution in [0.1, 0.15) is 37.7 Å². The standard InChI is InChI=1S/C18H23NO3/c1-22-18(21)9-5-8-17(20)19-12-10-16(11-13-19)14-15-6-3-2-4-7-15/h2-4,6-7,14H,5,8-13H2,1H3. The molecule has 1 fully saturated rings. The van der Waals surface area contributed by atoms with Gasteiger partial charge < -0.3 is 9.64 Å². The first-order chi connectivity index (χ1) is 10.7. The number of amides is 1. The van der Waals surface area contributed by atoms with E-state index in [2.05, 4.69) is 22.9 Å². The monoisotopic (exact) mass is 301 g/mol. The van der Waals surface area contributed by atoms with E-state index in [1.165, 1.54) is 18.2 Å². The van der Waals surface area contributed by atoms with Crippen molar-refractivity contribution in [2.75, 3.05) is 20.2 Å². The smallest absolute Gasteiger partial charge is 0.305 e. The van der Waals surface area contributed by atoms with Crippen molar-refractivity contribution < 1.29 is 14.3 Å². The van der Waals surface area contributed by atoms with Crippen molar-refractivity contribution in [2.45, 2.75) is 32.1 Å². The number of nitrogens with zero attached hydrogens (tertiary/aromatic N) is 1. The predicted octanol–water partition coefficient (Wildman–Crippen LogP) is 3.04. The van der Waals surface area contributed by atoms with Crippen molar-refractivity contribution in [3.63, 3.8) is 0 Å². The van der Waals surface area contributed by atoms with Gasteiger partial charge in [-0.25, -0.2) is 0 Å². The minimum absolute atomic E-state index is 0.141. The van der Waals surface area contributed by atoms with Crippen LogP contribution in [0.4, 0.5) is 0 Å². The zero-order chi connectivity index (χ0) is 15.8. The first-order valence-corrected chi connectivity index (χ1v) is 7.78. The summed E-state index contributed by atoms with van der Waals surface area (Å²) in [4.78, 5) is 25.0. The molecule has 1 aromatic carbocycles. The maximum absolute atomic E-state index is 12.1. The summed E-state index contributed by atoms with van der Waals surface area (Å²) in [6, 6.07) is 10.3. The Labute approximate surface area is 131 Å². The molecule has 0 spiro atoms. The van der Waals surface area contributed by atoms with Crippen LogP contribution in [0.3, 0.4) is 0 Å². The second-order valence-electron chi connectivity index (χ2n) is 5.52. The van der Waals surface area contributed by atoms with Crippen LogP contribution in [-0.2, 0) is 14.3 Å². The number of methoxy groups -OCH3 is 1. The highest BCUT2D eigenvalue weighted by Crippen LogP contribution is 2.20. The molecular formula is C18H23NO3. The number of carbonyl (C=O) groups excluding carboxylic acids is 2. The van der Waals surface area contributed by atoms with Gasteiger partial charge in [0.2, 0.25) is 5.91 Å². The number of hydrogen-bond donors (Lipinski definition) is 0. The lowest BCUT2D eigenvalue weighted by Gasteiger charge is -2.28. The SMILES string of the molecule is COC(=O)CCCC(=O)N1CCC(=Cc2ccccc2)CC1. The van der Waals surface area contributed by atoms with E-state index >= 15 is 0 Å². The molecule has 0 unspecified atom stereocenters. The van der Waals surface area contributed by atoms with Gasteiger partial charge in [-0.2, -0.15) is 0 Å². The molecule has 1 saturated heterocycles. The van der Waals surface area contributed by atoms with Gasteiger partial charge in [-0.05, 0) is 24.8 Å². The van der Waals surface area contributed by atoms with E-state index in [9.17, 15) is 9.59 Å². The maximum atomic E-state index is 12.1. The van der Waals surface area contributed by atoms with Gasteiger partial charge in [0.15, 0.2) is 0 Å². The number of esters is 1. The summed E-state index contributed by atoms with van der Waals surface area (Å²) in [5.74, 6) is -0.109. The summed E-state index contributed by atoms with van der Waals surface area (Å²) >= 11 is 0. The first-order valence-electron chi connectivity index (χ1n) is 7.78. The van der Waals surface area contributed by atoms with E-state index < -0.39 is 0 Å². The fourth-order valence-corrected chi connectivity index (χ4v) is 2.62. The van der Waals surface area contributed by atoms with Gasteiger partial charge >= 0.3 is 5.97 Å². The van der Waals surface area contributed by atoms with E-state index in [4.69, 9.17) is 0 Å². The lowest BCUT2D eigenvalue weighted by Crippen LogP contribution is -2.36. The summed E-state index contributed by atoms with van der Waals surface area (Å²) in [5, 5.41) is 0. The second kappa shape index (κ2) is 8.37. The molecule has 0 aromatic heterocycles. The molecule has 0 N–H and O–H groups in total.